The maximum absolute atomic E-state index is 11.6. The monoisotopic (exact) mass is 168 g/mol. The van der Waals surface area contributed by atoms with Gasteiger partial charge in [0, 0.05) is 0 Å². The molecule has 2 rings (SSSR count). The van der Waals surface area contributed by atoms with Crippen molar-refractivity contribution in [3.05, 3.63) is 0 Å². The fourth-order valence-corrected chi connectivity index (χ4v) is 2.59. The lowest BCUT2D eigenvalue weighted by atomic mass is 9.65. The van der Waals surface area contributed by atoms with Gasteiger partial charge in [-0.2, -0.15) is 0 Å². The third-order valence-corrected chi connectivity index (χ3v) is 4.30. The zero-order valence-electron chi connectivity index (χ0n) is 8.02. The van der Waals surface area contributed by atoms with E-state index in [0.29, 0.717) is 12.5 Å². The molecule has 1 aliphatic carbocycles. The molecule has 2 bridgehead atoms. The van der Waals surface area contributed by atoms with Crippen LogP contribution in [0.25, 0.3) is 0 Å². The van der Waals surface area contributed by atoms with E-state index in [0.717, 1.165) is 12.8 Å². The van der Waals surface area contributed by atoms with Crippen LogP contribution in [-0.4, -0.2) is 12.6 Å². The minimum absolute atomic E-state index is 0.0150. The maximum atomic E-state index is 11.6. The van der Waals surface area contributed by atoms with Gasteiger partial charge in [0.05, 0.1) is 12.0 Å². The van der Waals surface area contributed by atoms with E-state index in [1.54, 1.807) is 0 Å². The van der Waals surface area contributed by atoms with Gasteiger partial charge in [-0.05, 0) is 31.1 Å². The normalized spacial score (nSPS) is 44.2. The first-order chi connectivity index (χ1) is 5.48. The summed E-state index contributed by atoms with van der Waals surface area (Å²) in [6, 6.07) is 0. The molecule has 0 N–H and O–H groups in total. The second kappa shape index (κ2) is 2.04. The molecule has 0 aromatic heterocycles. The predicted molar refractivity (Wildman–Crippen MR) is 45.6 cm³/mol. The van der Waals surface area contributed by atoms with Gasteiger partial charge in [-0.3, -0.25) is 4.79 Å². The van der Waals surface area contributed by atoms with Crippen LogP contribution in [0.2, 0.25) is 0 Å². The molecule has 1 saturated heterocycles. The molecule has 0 aromatic carbocycles. The molecule has 0 radical (unpaired) electrons. The molecule has 2 fully saturated rings. The van der Waals surface area contributed by atoms with Gasteiger partial charge < -0.3 is 4.74 Å². The number of hydrogen-bond acceptors (Lipinski definition) is 2. The number of carbonyl (C=O) groups excluding carboxylic acids is 1. The molecule has 2 nitrogen and oxygen atoms in total. The van der Waals surface area contributed by atoms with Crippen molar-refractivity contribution in [1.29, 1.82) is 0 Å². The van der Waals surface area contributed by atoms with Gasteiger partial charge in [0.1, 0.15) is 0 Å². The highest BCUT2D eigenvalue weighted by molar-refractivity contribution is 5.79. The molecule has 0 spiro atoms. The molecule has 68 valence electrons. The fourth-order valence-electron chi connectivity index (χ4n) is 2.59. The summed E-state index contributed by atoms with van der Waals surface area (Å²) in [6.07, 6.45) is 2.15. The number of hydrogen-bond donors (Lipinski definition) is 0. The molecule has 0 unspecified atom stereocenters. The number of ether oxygens (including phenoxy) is 1. The molecule has 0 aromatic rings. The van der Waals surface area contributed by atoms with Crippen molar-refractivity contribution < 1.29 is 9.53 Å². The summed E-state index contributed by atoms with van der Waals surface area (Å²) in [6.45, 7) is 7.09. The third kappa shape index (κ3) is 0.686. The van der Waals surface area contributed by atoms with Crippen molar-refractivity contribution >= 4 is 5.97 Å². The Labute approximate surface area is 73.3 Å². The van der Waals surface area contributed by atoms with Crippen molar-refractivity contribution in [2.45, 2.75) is 33.6 Å². The fraction of sp³-hybridized carbons (Fsp3) is 0.900. The van der Waals surface area contributed by atoms with Crippen molar-refractivity contribution in [3.63, 3.8) is 0 Å². The van der Waals surface area contributed by atoms with Crippen molar-refractivity contribution in [3.8, 4) is 0 Å². The first-order valence-electron chi connectivity index (χ1n) is 4.66. The highest BCUT2D eigenvalue weighted by atomic mass is 16.5. The number of rotatable bonds is 0. The van der Waals surface area contributed by atoms with E-state index in [4.69, 9.17) is 4.74 Å². The minimum atomic E-state index is -0.212. The lowest BCUT2D eigenvalue weighted by Gasteiger charge is -2.43. The van der Waals surface area contributed by atoms with Gasteiger partial charge in [0.25, 0.3) is 0 Å². The summed E-state index contributed by atoms with van der Waals surface area (Å²) in [5.41, 5.74) is -0.0712. The second-order valence-electron chi connectivity index (χ2n) is 4.89. The number of fused-ring (bicyclic) bond motifs is 2. The molecule has 2 aliphatic rings. The van der Waals surface area contributed by atoms with E-state index in [1.807, 2.05) is 0 Å². The van der Waals surface area contributed by atoms with Crippen molar-refractivity contribution in [1.82, 2.24) is 0 Å². The molecule has 2 atom stereocenters. The standard InChI is InChI=1S/C10H16O2/c1-9(2)7-4-5-10(9,3)8(11)12-6-7/h7H,4-6H2,1-3H3/t7-,10+/m0/s1. The minimum Gasteiger partial charge on any atom is -0.465 e. The Bertz CT molecular complexity index is 232. The summed E-state index contributed by atoms with van der Waals surface area (Å²) < 4.78 is 5.16. The Balaban J connectivity index is 2.43. The summed E-state index contributed by atoms with van der Waals surface area (Å²) in [5, 5.41) is 0. The largest absolute Gasteiger partial charge is 0.465 e. The van der Waals surface area contributed by atoms with E-state index in [-0.39, 0.29) is 16.8 Å². The van der Waals surface area contributed by atoms with Crippen LogP contribution in [0.4, 0.5) is 0 Å². The number of carbonyl (C=O) groups is 1. The number of cyclic esters (lactones) is 1. The van der Waals surface area contributed by atoms with Gasteiger partial charge in [0.15, 0.2) is 0 Å². The lowest BCUT2D eigenvalue weighted by molar-refractivity contribution is -0.173. The highest BCUT2D eigenvalue weighted by Gasteiger charge is 2.59. The molecule has 2 heteroatoms. The maximum Gasteiger partial charge on any atom is 0.312 e. The van der Waals surface area contributed by atoms with E-state index < -0.39 is 0 Å². The Morgan fingerprint density at radius 1 is 1.42 bits per heavy atom. The van der Waals surface area contributed by atoms with Crippen LogP contribution in [-0.2, 0) is 9.53 Å². The van der Waals surface area contributed by atoms with Crippen LogP contribution < -0.4 is 0 Å². The van der Waals surface area contributed by atoms with Crippen LogP contribution >= 0.6 is 0 Å². The van der Waals surface area contributed by atoms with Crippen LogP contribution in [0.5, 0.6) is 0 Å². The van der Waals surface area contributed by atoms with Gasteiger partial charge in [-0.1, -0.05) is 13.8 Å². The molecular weight excluding hydrogens is 152 g/mol. The van der Waals surface area contributed by atoms with Gasteiger partial charge in [0.2, 0.25) is 0 Å². The van der Waals surface area contributed by atoms with Gasteiger partial charge >= 0.3 is 5.97 Å². The van der Waals surface area contributed by atoms with Crippen molar-refractivity contribution in [2.75, 3.05) is 6.61 Å². The zero-order chi connectivity index (χ0) is 8.98. The lowest BCUT2D eigenvalue weighted by Crippen LogP contribution is -2.47. The predicted octanol–water partition coefficient (Wildman–Crippen LogP) is 1.99. The van der Waals surface area contributed by atoms with E-state index in [9.17, 15) is 4.79 Å². The molecule has 0 amide bonds. The van der Waals surface area contributed by atoms with Gasteiger partial charge in [-0.15, -0.1) is 0 Å². The third-order valence-electron chi connectivity index (χ3n) is 4.30. The first-order valence-corrected chi connectivity index (χ1v) is 4.66. The Morgan fingerprint density at radius 2 is 2.08 bits per heavy atom. The summed E-state index contributed by atoms with van der Waals surface area (Å²) in [4.78, 5) is 11.6. The molecular formula is C10H16O2. The highest BCUT2D eigenvalue weighted by Crippen LogP contribution is 2.58. The molecule has 1 heterocycles. The SMILES string of the molecule is CC1(C)[C@H]2CC[C@]1(C)C(=O)OC2. The topological polar surface area (TPSA) is 26.3 Å². The average molecular weight is 168 g/mol. The van der Waals surface area contributed by atoms with E-state index in [2.05, 4.69) is 20.8 Å². The number of esters is 1. The smallest absolute Gasteiger partial charge is 0.312 e. The summed E-state index contributed by atoms with van der Waals surface area (Å²) >= 11 is 0. The van der Waals surface area contributed by atoms with E-state index >= 15 is 0 Å². The first kappa shape index (κ1) is 8.09. The van der Waals surface area contributed by atoms with Gasteiger partial charge in [-0.25, -0.2) is 0 Å². The molecule has 1 aliphatic heterocycles. The Kier molecular flexibility index (Phi) is 1.37. The average Bonchev–Trinajstić information content (AvgIpc) is 2.17. The van der Waals surface area contributed by atoms with E-state index in [1.165, 1.54) is 0 Å². The van der Waals surface area contributed by atoms with Crippen molar-refractivity contribution in [2.24, 2.45) is 16.7 Å². The molecule has 1 saturated carbocycles. The quantitative estimate of drug-likeness (QED) is 0.517. The van der Waals surface area contributed by atoms with Crippen LogP contribution in [0.15, 0.2) is 0 Å². The Hall–Kier alpha value is -0.530. The molecule has 12 heavy (non-hydrogen) atoms. The Morgan fingerprint density at radius 3 is 2.67 bits per heavy atom. The van der Waals surface area contributed by atoms with Crippen LogP contribution in [0.1, 0.15) is 33.6 Å². The summed E-state index contributed by atoms with van der Waals surface area (Å²) in [5.74, 6) is 0.599. The van der Waals surface area contributed by atoms with Crippen LogP contribution in [0.3, 0.4) is 0 Å². The second-order valence-corrected chi connectivity index (χ2v) is 4.89. The van der Waals surface area contributed by atoms with Crippen LogP contribution in [0, 0.1) is 16.7 Å². The summed E-state index contributed by atoms with van der Waals surface area (Å²) in [7, 11) is 0. The zero-order valence-corrected chi connectivity index (χ0v) is 8.02.